The number of phenolic OH excluding ortho intramolecular Hbond substituents is 1. The van der Waals surface area contributed by atoms with Gasteiger partial charge >= 0.3 is 0 Å². The highest BCUT2D eigenvalue weighted by molar-refractivity contribution is 6.00. The van der Waals surface area contributed by atoms with Crippen molar-refractivity contribution < 1.29 is 19.1 Å². The first kappa shape index (κ1) is 13.3. The van der Waals surface area contributed by atoms with Gasteiger partial charge in [-0.15, -0.1) is 0 Å². The summed E-state index contributed by atoms with van der Waals surface area (Å²) in [5, 5.41) is 12.3. The summed E-state index contributed by atoms with van der Waals surface area (Å²) < 4.78 is 13.2. The minimum absolute atomic E-state index is 0.117. The molecule has 1 aromatic carbocycles. The molecule has 0 spiro atoms. The first-order chi connectivity index (χ1) is 9.04. The molecule has 1 fully saturated rings. The molecule has 5 nitrogen and oxygen atoms in total. The largest absolute Gasteiger partial charge is 0.507 e. The molecule has 2 amide bonds. The Kier molecular flexibility index (Phi) is 3.69. The Labute approximate surface area is 110 Å². The Balaban J connectivity index is 2.32. The molecule has 0 bridgehead atoms. The second-order valence-electron chi connectivity index (χ2n) is 4.38. The number of carbonyl (C=O) groups excluding carboxylic acids is 2. The summed E-state index contributed by atoms with van der Waals surface area (Å²) in [5.41, 5.74) is -0.117. The summed E-state index contributed by atoms with van der Waals surface area (Å²) >= 11 is 0. The highest BCUT2D eigenvalue weighted by Gasteiger charge is 2.33. The highest BCUT2D eigenvalue weighted by Crippen LogP contribution is 2.22. The van der Waals surface area contributed by atoms with Crippen LogP contribution in [-0.2, 0) is 4.79 Å². The predicted molar refractivity (Wildman–Crippen MR) is 66.2 cm³/mol. The Morgan fingerprint density at radius 1 is 1.58 bits per heavy atom. The normalized spacial score (nSPS) is 19.2. The van der Waals surface area contributed by atoms with E-state index in [1.807, 2.05) is 0 Å². The van der Waals surface area contributed by atoms with Crippen molar-refractivity contribution in [2.24, 2.45) is 0 Å². The average molecular weight is 266 g/mol. The molecular formula is C13H15FN2O3. The first-order valence-corrected chi connectivity index (χ1v) is 6.11. The van der Waals surface area contributed by atoms with Crippen LogP contribution in [0.1, 0.15) is 23.7 Å². The molecule has 1 saturated heterocycles. The Morgan fingerprint density at radius 2 is 2.32 bits per heavy atom. The zero-order chi connectivity index (χ0) is 14.0. The van der Waals surface area contributed by atoms with Gasteiger partial charge in [-0.1, -0.05) is 6.92 Å². The molecule has 0 saturated carbocycles. The van der Waals surface area contributed by atoms with Gasteiger partial charge < -0.3 is 15.3 Å². The van der Waals surface area contributed by atoms with Crippen LogP contribution in [0.2, 0.25) is 0 Å². The number of aromatic hydroxyl groups is 1. The number of amides is 2. The minimum atomic E-state index is -0.601. The lowest BCUT2D eigenvalue weighted by Gasteiger charge is -2.34. The van der Waals surface area contributed by atoms with Crippen LogP contribution in [-0.4, -0.2) is 41.0 Å². The molecule has 19 heavy (non-hydrogen) atoms. The maximum absolute atomic E-state index is 13.2. The number of benzene rings is 1. The molecule has 2 N–H and O–H groups in total. The van der Waals surface area contributed by atoms with E-state index in [0.717, 1.165) is 18.2 Å². The third-order valence-corrected chi connectivity index (χ3v) is 3.17. The van der Waals surface area contributed by atoms with Gasteiger partial charge in [-0.05, 0) is 24.6 Å². The summed E-state index contributed by atoms with van der Waals surface area (Å²) in [7, 11) is 0. The fraction of sp³-hybridized carbons (Fsp3) is 0.385. The lowest BCUT2D eigenvalue weighted by atomic mass is 10.1. The standard InChI is InChI=1S/C13H15FN2O3/c1-2-10-12(18)15-5-6-16(10)13(19)9-7-8(14)3-4-11(9)17/h3-4,7,10,17H,2,5-6H2,1H3,(H,15,18). The smallest absolute Gasteiger partial charge is 0.258 e. The second kappa shape index (κ2) is 5.26. The molecule has 102 valence electrons. The van der Waals surface area contributed by atoms with Crippen molar-refractivity contribution >= 4 is 11.8 Å². The second-order valence-corrected chi connectivity index (χ2v) is 4.38. The van der Waals surface area contributed by atoms with Crippen LogP contribution in [0.4, 0.5) is 4.39 Å². The lowest BCUT2D eigenvalue weighted by molar-refractivity contribution is -0.127. The molecule has 1 aromatic rings. The molecule has 0 radical (unpaired) electrons. The van der Waals surface area contributed by atoms with Crippen molar-refractivity contribution in [3.63, 3.8) is 0 Å². The summed E-state index contributed by atoms with van der Waals surface area (Å²) in [6.07, 6.45) is 0.466. The molecule has 2 rings (SSSR count). The number of nitrogens with zero attached hydrogens (tertiary/aromatic N) is 1. The van der Waals surface area contributed by atoms with Crippen molar-refractivity contribution in [1.82, 2.24) is 10.2 Å². The van der Waals surface area contributed by atoms with E-state index in [-0.39, 0.29) is 17.2 Å². The summed E-state index contributed by atoms with van der Waals surface area (Å²) in [6.45, 7) is 2.50. The summed E-state index contributed by atoms with van der Waals surface area (Å²) in [5.74, 6) is -1.64. The van der Waals surface area contributed by atoms with E-state index in [0.29, 0.717) is 19.5 Å². The van der Waals surface area contributed by atoms with Crippen LogP contribution in [0.5, 0.6) is 5.75 Å². The number of hydrogen-bond donors (Lipinski definition) is 2. The van der Waals surface area contributed by atoms with Crippen LogP contribution in [0.3, 0.4) is 0 Å². The topological polar surface area (TPSA) is 69.6 Å². The lowest BCUT2D eigenvalue weighted by Crippen LogP contribution is -2.56. The molecular weight excluding hydrogens is 251 g/mol. The number of halogens is 1. The van der Waals surface area contributed by atoms with Crippen molar-refractivity contribution in [3.05, 3.63) is 29.6 Å². The molecule has 1 atom stereocenters. The van der Waals surface area contributed by atoms with Gasteiger partial charge in [0.1, 0.15) is 17.6 Å². The summed E-state index contributed by atoms with van der Waals surface area (Å²) in [4.78, 5) is 25.4. The number of phenols is 1. The quantitative estimate of drug-likeness (QED) is 0.835. The van der Waals surface area contributed by atoms with E-state index in [1.54, 1.807) is 6.92 Å². The molecule has 1 unspecified atom stereocenters. The molecule has 6 heteroatoms. The number of hydrogen-bond acceptors (Lipinski definition) is 3. The van der Waals surface area contributed by atoms with Gasteiger partial charge in [0.25, 0.3) is 5.91 Å². The average Bonchev–Trinajstić information content (AvgIpc) is 2.40. The van der Waals surface area contributed by atoms with Gasteiger partial charge in [-0.25, -0.2) is 4.39 Å². The minimum Gasteiger partial charge on any atom is -0.507 e. The zero-order valence-corrected chi connectivity index (χ0v) is 10.5. The Hall–Kier alpha value is -2.11. The third-order valence-electron chi connectivity index (χ3n) is 3.17. The van der Waals surface area contributed by atoms with E-state index >= 15 is 0 Å². The third kappa shape index (κ3) is 2.52. The number of carbonyl (C=O) groups is 2. The SMILES string of the molecule is CCC1C(=O)NCCN1C(=O)c1cc(F)ccc1O. The fourth-order valence-electron chi connectivity index (χ4n) is 2.20. The maximum atomic E-state index is 13.2. The number of piperazine rings is 1. The molecule has 1 heterocycles. The summed E-state index contributed by atoms with van der Waals surface area (Å²) in [6, 6.07) is 2.61. The van der Waals surface area contributed by atoms with Crippen LogP contribution < -0.4 is 5.32 Å². The Bertz CT molecular complexity index is 519. The van der Waals surface area contributed by atoms with Crippen molar-refractivity contribution in [1.29, 1.82) is 0 Å². The van der Waals surface area contributed by atoms with Gasteiger partial charge in [0.2, 0.25) is 5.91 Å². The van der Waals surface area contributed by atoms with Gasteiger partial charge in [-0.2, -0.15) is 0 Å². The van der Waals surface area contributed by atoms with Crippen LogP contribution in [0, 0.1) is 5.82 Å². The van der Waals surface area contributed by atoms with Gasteiger partial charge in [-0.3, -0.25) is 9.59 Å². The molecule has 0 aromatic heterocycles. The van der Waals surface area contributed by atoms with E-state index in [1.165, 1.54) is 4.90 Å². The predicted octanol–water partition coefficient (Wildman–Crippen LogP) is 0.882. The Morgan fingerprint density at radius 3 is 3.00 bits per heavy atom. The van der Waals surface area contributed by atoms with Gasteiger partial charge in [0.05, 0.1) is 5.56 Å². The molecule has 1 aliphatic heterocycles. The molecule has 1 aliphatic rings. The van der Waals surface area contributed by atoms with Crippen molar-refractivity contribution in [3.8, 4) is 5.75 Å². The highest BCUT2D eigenvalue weighted by atomic mass is 19.1. The van der Waals surface area contributed by atoms with Gasteiger partial charge in [0, 0.05) is 13.1 Å². The number of nitrogens with one attached hydrogen (secondary N) is 1. The number of rotatable bonds is 2. The maximum Gasteiger partial charge on any atom is 0.258 e. The first-order valence-electron chi connectivity index (χ1n) is 6.11. The van der Waals surface area contributed by atoms with E-state index in [4.69, 9.17) is 0 Å². The monoisotopic (exact) mass is 266 g/mol. The van der Waals surface area contributed by atoms with Crippen LogP contribution in [0.15, 0.2) is 18.2 Å². The van der Waals surface area contributed by atoms with Crippen LogP contribution >= 0.6 is 0 Å². The van der Waals surface area contributed by atoms with E-state index in [2.05, 4.69) is 5.32 Å². The van der Waals surface area contributed by atoms with Gasteiger partial charge in [0.15, 0.2) is 0 Å². The fourth-order valence-corrected chi connectivity index (χ4v) is 2.20. The zero-order valence-electron chi connectivity index (χ0n) is 10.5. The van der Waals surface area contributed by atoms with Crippen molar-refractivity contribution in [2.75, 3.05) is 13.1 Å². The van der Waals surface area contributed by atoms with E-state index < -0.39 is 17.8 Å². The van der Waals surface area contributed by atoms with E-state index in [9.17, 15) is 19.1 Å². The van der Waals surface area contributed by atoms with Crippen LogP contribution in [0.25, 0.3) is 0 Å². The van der Waals surface area contributed by atoms with Crippen molar-refractivity contribution in [2.45, 2.75) is 19.4 Å². The molecule has 0 aliphatic carbocycles.